The van der Waals surface area contributed by atoms with Crippen LogP contribution in [-0.4, -0.2) is 29.2 Å². The van der Waals surface area contributed by atoms with E-state index in [0.717, 1.165) is 62.7 Å². The molecule has 3 N–H and O–H groups in total. The van der Waals surface area contributed by atoms with Gasteiger partial charge in [0.1, 0.15) is 0 Å². The molecule has 0 saturated heterocycles. The average Bonchev–Trinajstić information content (AvgIpc) is 2.51. The van der Waals surface area contributed by atoms with E-state index in [1.807, 2.05) is 0 Å². The number of carbonyl (C=O) groups is 2. The summed E-state index contributed by atoms with van der Waals surface area (Å²) < 4.78 is 0. The zero-order valence-electron chi connectivity index (χ0n) is 15.2. The smallest absolute Gasteiger partial charge is 0.315 e. The molecule has 140 valence electrons. The van der Waals surface area contributed by atoms with Crippen molar-refractivity contribution in [1.29, 1.82) is 0 Å². The molecule has 5 saturated carbocycles. The van der Waals surface area contributed by atoms with E-state index in [-0.39, 0.29) is 23.4 Å². The normalized spacial score (nSPS) is 38.3. The highest BCUT2D eigenvalue weighted by Crippen LogP contribution is 2.55. The van der Waals surface area contributed by atoms with Gasteiger partial charge in [0.25, 0.3) is 0 Å². The van der Waals surface area contributed by atoms with Crippen molar-refractivity contribution in [2.45, 2.75) is 82.6 Å². The van der Waals surface area contributed by atoms with Crippen LogP contribution in [0.1, 0.15) is 77.0 Å². The molecule has 5 aliphatic rings. The number of urea groups is 1. The van der Waals surface area contributed by atoms with Crippen LogP contribution in [-0.2, 0) is 4.79 Å². The Kier molecular flexibility index (Phi) is 4.45. The van der Waals surface area contributed by atoms with Crippen LogP contribution in [0, 0.1) is 23.2 Å². The fraction of sp³-hybridized carbons (Fsp3) is 0.900. The fourth-order valence-corrected chi connectivity index (χ4v) is 6.86. The largest absolute Gasteiger partial charge is 0.481 e. The molecule has 5 fully saturated rings. The molecule has 0 aromatic heterocycles. The van der Waals surface area contributed by atoms with Crippen LogP contribution in [0.5, 0.6) is 0 Å². The molecular formula is C20H32N2O3. The molecule has 0 unspecified atom stereocenters. The van der Waals surface area contributed by atoms with Crippen LogP contribution in [0.3, 0.4) is 0 Å². The van der Waals surface area contributed by atoms with E-state index in [0.29, 0.717) is 6.54 Å². The minimum absolute atomic E-state index is 0.0192. The van der Waals surface area contributed by atoms with Crippen molar-refractivity contribution < 1.29 is 14.7 Å². The maximum atomic E-state index is 12.6. The van der Waals surface area contributed by atoms with Crippen molar-refractivity contribution in [1.82, 2.24) is 10.6 Å². The van der Waals surface area contributed by atoms with Gasteiger partial charge in [0.05, 0.1) is 6.42 Å². The van der Waals surface area contributed by atoms with E-state index in [1.165, 1.54) is 25.7 Å². The zero-order valence-corrected chi connectivity index (χ0v) is 15.2. The van der Waals surface area contributed by atoms with Crippen molar-refractivity contribution in [3.05, 3.63) is 0 Å². The number of hydrogen-bond acceptors (Lipinski definition) is 2. The molecule has 4 bridgehead atoms. The lowest BCUT2D eigenvalue weighted by molar-refractivity contribution is -0.140. The van der Waals surface area contributed by atoms with Crippen molar-refractivity contribution in [2.75, 3.05) is 6.54 Å². The van der Waals surface area contributed by atoms with Crippen LogP contribution in [0.4, 0.5) is 4.79 Å². The molecule has 5 aliphatic carbocycles. The molecule has 0 aromatic carbocycles. The lowest BCUT2D eigenvalue weighted by atomic mass is 9.53. The summed E-state index contributed by atoms with van der Waals surface area (Å²) in [6.45, 7) is 0.498. The number of rotatable bonds is 5. The molecule has 0 spiro atoms. The van der Waals surface area contributed by atoms with E-state index in [9.17, 15) is 14.7 Å². The van der Waals surface area contributed by atoms with Gasteiger partial charge in [-0.05, 0) is 74.5 Å². The topological polar surface area (TPSA) is 78.4 Å². The lowest BCUT2D eigenvalue weighted by Gasteiger charge is -2.56. The summed E-state index contributed by atoms with van der Waals surface area (Å²) >= 11 is 0. The molecular weight excluding hydrogens is 316 g/mol. The van der Waals surface area contributed by atoms with Gasteiger partial charge >= 0.3 is 12.0 Å². The first-order valence-corrected chi connectivity index (χ1v) is 10.2. The van der Waals surface area contributed by atoms with Gasteiger partial charge < -0.3 is 15.7 Å². The minimum Gasteiger partial charge on any atom is -0.481 e. The summed E-state index contributed by atoms with van der Waals surface area (Å²) in [5, 5.41) is 15.7. The van der Waals surface area contributed by atoms with Crippen molar-refractivity contribution in [2.24, 2.45) is 23.2 Å². The predicted octanol–water partition coefficient (Wildman–Crippen LogP) is 3.68. The fourth-order valence-electron chi connectivity index (χ4n) is 6.86. The highest BCUT2D eigenvalue weighted by molar-refractivity contribution is 5.75. The van der Waals surface area contributed by atoms with Crippen molar-refractivity contribution >= 4 is 12.0 Å². The van der Waals surface area contributed by atoms with Crippen LogP contribution in [0.2, 0.25) is 0 Å². The Bertz CT molecular complexity index is 504. The van der Waals surface area contributed by atoms with Gasteiger partial charge in [-0.3, -0.25) is 4.79 Å². The maximum Gasteiger partial charge on any atom is 0.315 e. The Morgan fingerprint density at radius 1 is 0.920 bits per heavy atom. The van der Waals surface area contributed by atoms with Gasteiger partial charge in [-0.25, -0.2) is 4.79 Å². The summed E-state index contributed by atoms with van der Waals surface area (Å²) in [6, 6.07) is -0.0720. The number of carboxylic acid groups (broad SMARTS) is 1. The number of aliphatic carboxylic acids is 1. The second-order valence-electron chi connectivity index (χ2n) is 9.64. The second-order valence-corrected chi connectivity index (χ2v) is 9.64. The van der Waals surface area contributed by atoms with Gasteiger partial charge in [-0.15, -0.1) is 0 Å². The van der Waals surface area contributed by atoms with Gasteiger partial charge in [0, 0.05) is 12.1 Å². The molecule has 5 rings (SSSR count). The number of hydrogen-bond donors (Lipinski definition) is 3. The summed E-state index contributed by atoms with van der Waals surface area (Å²) in [5.41, 5.74) is -0.228. The predicted molar refractivity (Wildman–Crippen MR) is 95.2 cm³/mol. The van der Waals surface area contributed by atoms with Crippen LogP contribution in [0.15, 0.2) is 0 Å². The molecule has 0 aliphatic heterocycles. The molecule has 25 heavy (non-hydrogen) atoms. The van der Waals surface area contributed by atoms with E-state index in [1.54, 1.807) is 0 Å². The summed E-state index contributed by atoms with van der Waals surface area (Å²) in [4.78, 5) is 23.9. The first kappa shape index (κ1) is 17.2. The van der Waals surface area contributed by atoms with Gasteiger partial charge in [0.2, 0.25) is 0 Å². The van der Waals surface area contributed by atoms with E-state index >= 15 is 0 Å². The summed E-state index contributed by atoms with van der Waals surface area (Å²) in [6.07, 6.45) is 12.9. The second kappa shape index (κ2) is 6.48. The van der Waals surface area contributed by atoms with Crippen LogP contribution < -0.4 is 10.6 Å². The SMILES string of the molecule is O=C(O)CC1(CNC(=O)NC23CC4CC(CC(C4)C2)C3)CCCCC1. The molecule has 2 amide bonds. The van der Waals surface area contributed by atoms with E-state index in [2.05, 4.69) is 10.6 Å². The number of amides is 2. The average molecular weight is 348 g/mol. The first-order chi connectivity index (χ1) is 12.0. The van der Waals surface area contributed by atoms with Crippen LogP contribution in [0.25, 0.3) is 0 Å². The molecule has 0 heterocycles. The standard InChI is InChI=1S/C20H32N2O3/c23-17(24)12-19(4-2-1-3-5-19)13-21-18(25)22-20-9-14-6-15(10-20)8-16(7-14)11-20/h14-16H,1-13H2,(H,23,24)(H2,21,22,25). The third-order valence-electron chi connectivity index (χ3n) is 7.48. The van der Waals surface area contributed by atoms with E-state index < -0.39 is 5.97 Å². The van der Waals surface area contributed by atoms with Gasteiger partial charge in [0.15, 0.2) is 0 Å². The third kappa shape index (κ3) is 3.65. The summed E-state index contributed by atoms with van der Waals surface area (Å²) in [7, 11) is 0. The quantitative estimate of drug-likeness (QED) is 0.709. The van der Waals surface area contributed by atoms with Gasteiger partial charge in [-0.1, -0.05) is 19.3 Å². The molecule has 0 aromatic rings. The van der Waals surface area contributed by atoms with Gasteiger partial charge in [-0.2, -0.15) is 0 Å². The lowest BCUT2D eigenvalue weighted by Crippen LogP contribution is -2.62. The first-order valence-electron chi connectivity index (χ1n) is 10.2. The van der Waals surface area contributed by atoms with E-state index in [4.69, 9.17) is 0 Å². The Morgan fingerprint density at radius 3 is 2.00 bits per heavy atom. The van der Waals surface area contributed by atoms with Crippen LogP contribution >= 0.6 is 0 Å². The number of carbonyl (C=O) groups excluding carboxylic acids is 1. The molecule has 5 nitrogen and oxygen atoms in total. The molecule has 0 radical (unpaired) electrons. The van der Waals surface area contributed by atoms with Crippen molar-refractivity contribution in [3.63, 3.8) is 0 Å². The Hall–Kier alpha value is -1.26. The highest BCUT2D eigenvalue weighted by atomic mass is 16.4. The van der Waals surface area contributed by atoms with Crippen molar-refractivity contribution in [3.8, 4) is 0 Å². The Balaban J connectivity index is 1.35. The number of carboxylic acids is 1. The highest BCUT2D eigenvalue weighted by Gasteiger charge is 2.51. The zero-order chi connectivity index (χ0) is 17.5. The Labute approximate surface area is 150 Å². The Morgan fingerprint density at radius 2 is 1.48 bits per heavy atom. The maximum absolute atomic E-state index is 12.6. The number of nitrogens with one attached hydrogen (secondary N) is 2. The molecule has 0 atom stereocenters. The minimum atomic E-state index is -0.745. The third-order valence-corrected chi connectivity index (χ3v) is 7.48. The molecule has 5 heteroatoms. The summed E-state index contributed by atoms with van der Waals surface area (Å²) in [5.74, 6) is 1.68. The monoisotopic (exact) mass is 348 g/mol.